The minimum Gasteiger partial charge on any atom is -0.455 e. The molecular weight excluding hydrogens is 415 g/mol. The summed E-state index contributed by atoms with van der Waals surface area (Å²) < 4.78 is 19.0. The van der Waals surface area contributed by atoms with Crippen LogP contribution in [0.2, 0.25) is 0 Å². The lowest BCUT2D eigenvalue weighted by molar-refractivity contribution is -0.151. The maximum Gasteiger partial charge on any atom is 0.310 e. The van der Waals surface area contributed by atoms with Gasteiger partial charge in [-0.15, -0.1) is 0 Å². The highest BCUT2D eigenvalue weighted by Crippen LogP contribution is 2.18. The normalized spacial score (nSPS) is 14.1. The quantitative estimate of drug-likeness (QED) is 0.678. The molecule has 3 rings (SSSR count). The highest BCUT2D eigenvalue weighted by molar-refractivity contribution is 9.10. The Morgan fingerprint density at radius 2 is 1.67 bits per heavy atom. The summed E-state index contributed by atoms with van der Waals surface area (Å²) >= 11 is 3.39. The van der Waals surface area contributed by atoms with Gasteiger partial charge in [0.25, 0.3) is 5.91 Å². The van der Waals surface area contributed by atoms with Crippen molar-refractivity contribution in [2.24, 2.45) is 0 Å². The molecule has 0 unspecified atom stereocenters. The first-order valence-electron chi connectivity index (χ1n) is 8.70. The number of nitrogens with zero attached hydrogens (tertiary/aromatic N) is 2. The lowest BCUT2D eigenvalue weighted by Crippen LogP contribution is -2.50. The van der Waals surface area contributed by atoms with E-state index in [0.29, 0.717) is 26.2 Å². The molecule has 1 aliphatic heterocycles. The van der Waals surface area contributed by atoms with Crippen LogP contribution in [0, 0.1) is 5.82 Å². The number of piperazine rings is 1. The van der Waals surface area contributed by atoms with Crippen molar-refractivity contribution in [3.8, 4) is 0 Å². The van der Waals surface area contributed by atoms with E-state index >= 15 is 0 Å². The average molecular weight is 435 g/mol. The van der Waals surface area contributed by atoms with Crippen molar-refractivity contribution in [3.05, 3.63) is 64.4 Å². The number of esters is 1. The van der Waals surface area contributed by atoms with E-state index in [1.165, 1.54) is 12.1 Å². The fraction of sp³-hybridized carbons (Fsp3) is 0.300. The van der Waals surface area contributed by atoms with Gasteiger partial charge in [-0.1, -0.05) is 34.1 Å². The Hall–Kier alpha value is -2.41. The largest absolute Gasteiger partial charge is 0.455 e. The van der Waals surface area contributed by atoms with E-state index in [1.54, 1.807) is 17.0 Å². The third-order valence-corrected chi connectivity index (χ3v) is 5.25. The third kappa shape index (κ3) is 5.29. The van der Waals surface area contributed by atoms with Crippen molar-refractivity contribution in [1.82, 2.24) is 4.90 Å². The second-order valence-electron chi connectivity index (χ2n) is 6.27. The molecule has 0 atom stereocenters. The van der Waals surface area contributed by atoms with E-state index in [1.807, 2.05) is 24.3 Å². The maximum atomic E-state index is 13.0. The molecular formula is C20H20BrFN2O3. The zero-order valence-corrected chi connectivity index (χ0v) is 16.3. The summed E-state index contributed by atoms with van der Waals surface area (Å²) in [6, 6.07) is 13.7. The third-order valence-electron chi connectivity index (χ3n) is 4.47. The van der Waals surface area contributed by atoms with Gasteiger partial charge in [0.1, 0.15) is 5.82 Å². The van der Waals surface area contributed by atoms with Gasteiger partial charge in [0, 0.05) is 36.3 Å². The predicted octanol–water partition coefficient (Wildman–Crippen LogP) is 3.02. The van der Waals surface area contributed by atoms with Gasteiger partial charge < -0.3 is 14.5 Å². The summed E-state index contributed by atoms with van der Waals surface area (Å²) in [4.78, 5) is 28.0. The fourth-order valence-corrected chi connectivity index (χ4v) is 3.37. The van der Waals surface area contributed by atoms with Gasteiger partial charge in [0.15, 0.2) is 6.61 Å². The molecule has 1 fully saturated rings. The molecule has 0 bridgehead atoms. The summed E-state index contributed by atoms with van der Waals surface area (Å²) in [5.41, 5.74) is 1.76. The average Bonchev–Trinajstić information content (AvgIpc) is 2.69. The zero-order valence-electron chi connectivity index (χ0n) is 14.7. The minimum absolute atomic E-state index is 0.118. The number of anilines is 1. The van der Waals surface area contributed by atoms with E-state index in [-0.39, 0.29) is 24.8 Å². The van der Waals surface area contributed by atoms with Crippen LogP contribution in [0.25, 0.3) is 0 Å². The van der Waals surface area contributed by atoms with Crippen molar-refractivity contribution < 1.29 is 18.7 Å². The van der Waals surface area contributed by atoms with Gasteiger partial charge in [0.2, 0.25) is 0 Å². The molecule has 0 N–H and O–H groups in total. The zero-order chi connectivity index (χ0) is 19.2. The van der Waals surface area contributed by atoms with Crippen LogP contribution in [-0.2, 0) is 20.7 Å². The molecule has 0 radical (unpaired) electrons. The van der Waals surface area contributed by atoms with E-state index < -0.39 is 5.97 Å². The van der Waals surface area contributed by atoms with Crippen molar-refractivity contribution in [1.29, 1.82) is 0 Å². The van der Waals surface area contributed by atoms with Gasteiger partial charge in [-0.3, -0.25) is 9.59 Å². The predicted molar refractivity (Wildman–Crippen MR) is 104 cm³/mol. The molecule has 0 aromatic heterocycles. The van der Waals surface area contributed by atoms with Gasteiger partial charge in [-0.05, 0) is 35.9 Å². The molecule has 1 aliphatic rings. The first-order valence-corrected chi connectivity index (χ1v) is 9.49. The summed E-state index contributed by atoms with van der Waals surface area (Å²) in [5, 5.41) is 0. The molecule has 0 spiro atoms. The molecule has 142 valence electrons. The summed E-state index contributed by atoms with van der Waals surface area (Å²) in [5.74, 6) is -0.897. The first-order chi connectivity index (χ1) is 13.0. The van der Waals surface area contributed by atoms with Crippen molar-refractivity contribution in [2.75, 3.05) is 37.7 Å². The van der Waals surface area contributed by atoms with E-state index in [0.717, 1.165) is 15.7 Å². The van der Waals surface area contributed by atoms with Crippen LogP contribution in [0.4, 0.5) is 10.1 Å². The maximum absolute atomic E-state index is 13.0. The molecule has 5 nitrogen and oxygen atoms in total. The van der Waals surface area contributed by atoms with Crippen LogP contribution in [0.15, 0.2) is 53.0 Å². The number of amides is 1. The Kier molecular flexibility index (Phi) is 6.45. The molecule has 0 aliphatic carbocycles. The Morgan fingerprint density at radius 3 is 2.33 bits per heavy atom. The molecule has 1 amide bonds. The van der Waals surface area contributed by atoms with Gasteiger partial charge in [-0.25, -0.2) is 4.39 Å². The Labute approximate surface area is 165 Å². The van der Waals surface area contributed by atoms with Crippen LogP contribution in [0.3, 0.4) is 0 Å². The molecule has 1 heterocycles. The highest BCUT2D eigenvalue weighted by atomic mass is 79.9. The Bertz CT molecular complexity index is 805. The number of carbonyl (C=O) groups is 2. The number of benzene rings is 2. The topological polar surface area (TPSA) is 49.9 Å². The SMILES string of the molecule is O=C(Cc1ccccc1Br)OCC(=O)N1CCN(c2ccc(F)cc2)CC1. The first kappa shape index (κ1) is 19.4. The smallest absolute Gasteiger partial charge is 0.310 e. The number of carbonyl (C=O) groups excluding carboxylic acids is 2. The molecule has 2 aromatic rings. The van der Waals surface area contributed by atoms with E-state index in [4.69, 9.17) is 4.74 Å². The van der Waals surface area contributed by atoms with Crippen LogP contribution in [0.5, 0.6) is 0 Å². The van der Waals surface area contributed by atoms with Crippen molar-refractivity contribution in [3.63, 3.8) is 0 Å². The fourth-order valence-electron chi connectivity index (χ4n) is 2.95. The summed E-state index contributed by atoms with van der Waals surface area (Å²) in [6.45, 7) is 2.14. The molecule has 0 saturated carbocycles. The number of hydrogen-bond acceptors (Lipinski definition) is 4. The Morgan fingerprint density at radius 1 is 1.00 bits per heavy atom. The molecule has 1 saturated heterocycles. The van der Waals surface area contributed by atoms with Crippen LogP contribution in [0.1, 0.15) is 5.56 Å². The molecule has 27 heavy (non-hydrogen) atoms. The van der Waals surface area contributed by atoms with Crippen LogP contribution < -0.4 is 4.90 Å². The van der Waals surface area contributed by atoms with Gasteiger partial charge >= 0.3 is 5.97 Å². The highest BCUT2D eigenvalue weighted by Gasteiger charge is 2.22. The van der Waals surface area contributed by atoms with Crippen LogP contribution in [-0.4, -0.2) is 49.6 Å². The van der Waals surface area contributed by atoms with Crippen LogP contribution >= 0.6 is 15.9 Å². The Balaban J connectivity index is 1.43. The van der Waals surface area contributed by atoms with Crippen molar-refractivity contribution >= 4 is 33.5 Å². The number of rotatable bonds is 5. The number of halogens is 2. The number of ether oxygens (including phenoxy) is 1. The summed E-state index contributed by atoms with van der Waals surface area (Å²) in [7, 11) is 0. The van der Waals surface area contributed by atoms with E-state index in [9.17, 15) is 14.0 Å². The van der Waals surface area contributed by atoms with Crippen molar-refractivity contribution in [2.45, 2.75) is 6.42 Å². The lowest BCUT2D eigenvalue weighted by Gasteiger charge is -2.36. The van der Waals surface area contributed by atoms with Gasteiger partial charge in [0.05, 0.1) is 6.42 Å². The molecule has 7 heteroatoms. The second-order valence-corrected chi connectivity index (χ2v) is 7.13. The van der Waals surface area contributed by atoms with Gasteiger partial charge in [-0.2, -0.15) is 0 Å². The monoisotopic (exact) mass is 434 g/mol. The molecule has 2 aromatic carbocycles. The minimum atomic E-state index is -0.430. The summed E-state index contributed by atoms with van der Waals surface area (Å²) in [6.07, 6.45) is 0.118. The lowest BCUT2D eigenvalue weighted by atomic mass is 10.1. The second kappa shape index (κ2) is 8.99. The number of hydrogen-bond donors (Lipinski definition) is 0. The standard InChI is InChI=1S/C20H20BrFN2O3/c21-18-4-2-1-3-15(18)13-20(26)27-14-19(25)24-11-9-23(10-12-24)17-7-5-16(22)6-8-17/h1-8H,9-14H2. The van der Waals surface area contributed by atoms with E-state index in [2.05, 4.69) is 20.8 Å².